The first-order valence-electron chi connectivity index (χ1n) is 9.40. The fourth-order valence-corrected chi connectivity index (χ4v) is 4.20. The molecule has 2 atom stereocenters. The van der Waals surface area contributed by atoms with Crippen LogP contribution in [0, 0.1) is 6.92 Å². The van der Waals surface area contributed by atoms with Crippen LogP contribution in [-0.4, -0.2) is 11.9 Å². The Kier molecular flexibility index (Phi) is 5.37. The Balaban J connectivity index is 1.27. The number of carbonyl (C=O) groups is 1. The van der Waals surface area contributed by atoms with Gasteiger partial charge in [0, 0.05) is 40.4 Å². The zero-order chi connectivity index (χ0) is 18.6. The molecule has 0 aliphatic heterocycles. The molecule has 4 rings (SSSR count). The lowest BCUT2D eigenvalue weighted by Crippen LogP contribution is -2.22. The van der Waals surface area contributed by atoms with Gasteiger partial charge in [-0.25, -0.2) is 0 Å². The molecular weight excluding hydrogens is 352 g/mol. The van der Waals surface area contributed by atoms with E-state index >= 15 is 0 Å². The van der Waals surface area contributed by atoms with Gasteiger partial charge in [0.2, 0.25) is 0 Å². The first-order chi connectivity index (χ1) is 13.2. The summed E-state index contributed by atoms with van der Waals surface area (Å²) >= 11 is 1.86. The van der Waals surface area contributed by atoms with Crippen LogP contribution in [0.5, 0.6) is 0 Å². The summed E-state index contributed by atoms with van der Waals surface area (Å²) in [7, 11) is 0. The Morgan fingerprint density at radius 1 is 1.00 bits per heavy atom. The summed E-state index contributed by atoms with van der Waals surface area (Å²) in [6, 6.07) is 23.0. The van der Waals surface area contributed by atoms with Crippen LogP contribution < -0.4 is 10.6 Å². The average molecular weight is 377 g/mol. The fraction of sp³-hybridized carbons (Fsp3) is 0.261. The maximum atomic E-state index is 12.3. The molecule has 3 aromatic rings. The van der Waals surface area contributed by atoms with Gasteiger partial charge in [-0.15, -0.1) is 11.3 Å². The molecule has 4 heteroatoms. The van der Waals surface area contributed by atoms with Crippen molar-refractivity contribution in [2.75, 3.05) is 0 Å². The van der Waals surface area contributed by atoms with E-state index in [-0.39, 0.29) is 5.91 Å². The van der Waals surface area contributed by atoms with Gasteiger partial charge in [0.05, 0.1) is 0 Å². The van der Waals surface area contributed by atoms with Crippen LogP contribution >= 0.6 is 11.3 Å². The SMILES string of the molecule is Cc1ccc(CNC2CC2c2ccc(C(=O)NCc3ccccc3)cc2)s1. The quantitative estimate of drug-likeness (QED) is 0.631. The molecule has 27 heavy (non-hydrogen) atoms. The van der Waals surface area contributed by atoms with Crippen molar-refractivity contribution in [3.63, 3.8) is 0 Å². The highest BCUT2D eigenvalue weighted by atomic mass is 32.1. The smallest absolute Gasteiger partial charge is 0.251 e. The van der Waals surface area contributed by atoms with Crippen molar-refractivity contribution in [1.29, 1.82) is 0 Å². The predicted octanol–water partition coefficient (Wildman–Crippen LogP) is 4.63. The highest BCUT2D eigenvalue weighted by Crippen LogP contribution is 2.41. The number of thiophene rings is 1. The summed E-state index contributed by atoms with van der Waals surface area (Å²) in [5.41, 5.74) is 3.14. The molecule has 1 fully saturated rings. The topological polar surface area (TPSA) is 41.1 Å². The second-order valence-corrected chi connectivity index (χ2v) is 8.50. The molecule has 1 saturated carbocycles. The molecule has 3 nitrogen and oxygen atoms in total. The normalized spacial score (nSPS) is 18.3. The lowest BCUT2D eigenvalue weighted by atomic mass is 10.1. The number of carbonyl (C=O) groups excluding carboxylic acids is 1. The van der Waals surface area contributed by atoms with E-state index in [4.69, 9.17) is 0 Å². The van der Waals surface area contributed by atoms with Gasteiger partial charge in [-0.1, -0.05) is 42.5 Å². The van der Waals surface area contributed by atoms with E-state index in [1.165, 1.54) is 21.7 Å². The molecule has 2 unspecified atom stereocenters. The third kappa shape index (κ3) is 4.65. The van der Waals surface area contributed by atoms with Crippen molar-refractivity contribution in [2.45, 2.75) is 38.4 Å². The van der Waals surface area contributed by atoms with Gasteiger partial charge in [0.15, 0.2) is 0 Å². The van der Waals surface area contributed by atoms with Crippen molar-refractivity contribution in [3.05, 3.63) is 93.2 Å². The largest absolute Gasteiger partial charge is 0.348 e. The van der Waals surface area contributed by atoms with Crippen LogP contribution in [0.15, 0.2) is 66.7 Å². The molecular formula is C23H24N2OS. The Morgan fingerprint density at radius 3 is 2.48 bits per heavy atom. The van der Waals surface area contributed by atoms with Gasteiger partial charge in [-0.3, -0.25) is 4.79 Å². The van der Waals surface area contributed by atoms with Crippen LogP contribution in [0.3, 0.4) is 0 Å². The maximum absolute atomic E-state index is 12.3. The first kappa shape index (κ1) is 18.0. The Bertz CT molecular complexity index is 902. The van der Waals surface area contributed by atoms with Gasteiger partial charge < -0.3 is 10.6 Å². The molecule has 0 radical (unpaired) electrons. The lowest BCUT2D eigenvalue weighted by molar-refractivity contribution is 0.0951. The van der Waals surface area contributed by atoms with Gasteiger partial charge in [-0.05, 0) is 48.7 Å². The van der Waals surface area contributed by atoms with Gasteiger partial charge in [0.25, 0.3) is 5.91 Å². The number of hydrogen-bond donors (Lipinski definition) is 2. The minimum atomic E-state index is -0.0241. The number of nitrogens with one attached hydrogen (secondary N) is 2. The third-order valence-corrected chi connectivity index (χ3v) is 6.02. The summed E-state index contributed by atoms with van der Waals surface area (Å²) in [5, 5.41) is 6.62. The number of aryl methyl sites for hydroxylation is 1. The molecule has 2 aromatic carbocycles. The maximum Gasteiger partial charge on any atom is 0.251 e. The fourth-order valence-electron chi connectivity index (χ4n) is 3.36. The lowest BCUT2D eigenvalue weighted by Gasteiger charge is -2.07. The number of benzene rings is 2. The Hall–Kier alpha value is -2.43. The summed E-state index contributed by atoms with van der Waals surface area (Å²) in [5.74, 6) is 0.538. The van der Waals surface area contributed by atoms with Crippen LogP contribution in [0.2, 0.25) is 0 Å². The van der Waals surface area contributed by atoms with Crippen molar-refractivity contribution in [2.24, 2.45) is 0 Å². The number of amides is 1. The summed E-state index contributed by atoms with van der Waals surface area (Å²) < 4.78 is 0. The predicted molar refractivity (Wildman–Crippen MR) is 111 cm³/mol. The van der Waals surface area contributed by atoms with E-state index in [9.17, 15) is 4.79 Å². The van der Waals surface area contributed by atoms with Crippen LogP contribution in [0.25, 0.3) is 0 Å². The Morgan fingerprint density at radius 2 is 1.78 bits per heavy atom. The van der Waals surface area contributed by atoms with Crippen molar-refractivity contribution in [3.8, 4) is 0 Å². The molecule has 0 spiro atoms. The van der Waals surface area contributed by atoms with E-state index in [1.54, 1.807) is 0 Å². The summed E-state index contributed by atoms with van der Waals surface area (Å²) in [6.07, 6.45) is 1.17. The highest BCUT2D eigenvalue weighted by molar-refractivity contribution is 7.11. The number of rotatable bonds is 7. The molecule has 0 saturated heterocycles. The van der Waals surface area contributed by atoms with Crippen LogP contribution in [0.1, 0.15) is 43.6 Å². The molecule has 1 aliphatic carbocycles. The number of hydrogen-bond acceptors (Lipinski definition) is 3. The van der Waals surface area contributed by atoms with Crippen LogP contribution in [-0.2, 0) is 13.1 Å². The minimum absolute atomic E-state index is 0.0241. The summed E-state index contributed by atoms with van der Waals surface area (Å²) in [6.45, 7) is 3.64. The molecule has 138 valence electrons. The zero-order valence-electron chi connectivity index (χ0n) is 15.4. The van der Waals surface area contributed by atoms with Gasteiger partial charge in [-0.2, -0.15) is 0 Å². The molecule has 1 aliphatic rings. The average Bonchev–Trinajstić information content (AvgIpc) is 3.37. The van der Waals surface area contributed by atoms with E-state index in [0.717, 1.165) is 12.1 Å². The molecule has 2 N–H and O–H groups in total. The van der Waals surface area contributed by atoms with E-state index in [1.807, 2.05) is 53.8 Å². The molecule has 1 aromatic heterocycles. The van der Waals surface area contributed by atoms with Gasteiger partial charge in [0.1, 0.15) is 0 Å². The zero-order valence-corrected chi connectivity index (χ0v) is 16.3. The van der Waals surface area contributed by atoms with Crippen LogP contribution in [0.4, 0.5) is 0 Å². The molecule has 1 amide bonds. The molecule has 0 bridgehead atoms. The second-order valence-electron chi connectivity index (χ2n) is 7.13. The van der Waals surface area contributed by atoms with Crippen molar-refractivity contribution in [1.82, 2.24) is 10.6 Å². The standard InChI is InChI=1S/C23H24N2OS/c1-16-7-12-20(27-16)15-24-22-13-21(22)18-8-10-19(11-9-18)23(26)25-14-17-5-3-2-4-6-17/h2-12,21-22,24H,13-15H2,1H3,(H,25,26). The Labute approximate surface area is 164 Å². The van der Waals surface area contributed by atoms with E-state index in [0.29, 0.717) is 24.1 Å². The molecule has 1 heterocycles. The van der Waals surface area contributed by atoms with Gasteiger partial charge >= 0.3 is 0 Å². The summed E-state index contributed by atoms with van der Waals surface area (Å²) in [4.78, 5) is 15.1. The first-order valence-corrected chi connectivity index (χ1v) is 10.2. The van der Waals surface area contributed by atoms with Crippen molar-refractivity contribution >= 4 is 17.2 Å². The highest BCUT2D eigenvalue weighted by Gasteiger charge is 2.37. The van der Waals surface area contributed by atoms with Crippen molar-refractivity contribution < 1.29 is 4.79 Å². The third-order valence-electron chi connectivity index (χ3n) is 5.02. The monoisotopic (exact) mass is 376 g/mol. The van der Waals surface area contributed by atoms with E-state index < -0.39 is 0 Å². The van der Waals surface area contributed by atoms with E-state index in [2.05, 4.69) is 41.8 Å². The second kappa shape index (κ2) is 8.07. The minimum Gasteiger partial charge on any atom is -0.348 e.